The minimum absolute atomic E-state index is 0.141. The number of benzene rings is 1. The minimum Gasteiger partial charge on any atom is -0.489 e. The second-order valence-corrected chi connectivity index (χ2v) is 10.1. The Hall–Kier alpha value is -3.13. The molecule has 188 valence electrons. The third kappa shape index (κ3) is 4.21. The van der Waals surface area contributed by atoms with Crippen molar-refractivity contribution < 1.29 is 13.9 Å². The predicted octanol–water partition coefficient (Wildman–Crippen LogP) is 3.09. The van der Waals surface area contributed by atoms with Gasteiger partial charge in [0.05, 0.1) is 11.9 Å². The normalized spacial score (nSPS) is 20.1. The number of pyridine rings is 1. The molecule has 1 aromatic heterocycles. The molecule has 1 spiro atoms. The van der Waals surface area contributed by atoms with Gasteiger partial charge in [0.1, 0.15) is 23.9 Å². The van der Waals surface area contributed by atoms with Crippen LogP contribution in [0.3, 0.4) is 0 Å². The van der Waals surface area contributed by atoms with E-state index in [1.54, 1.807) is 30.0 Å². The molecule has 8 nitrogen and oxygen atoms in total. The van der Waals surface area contributed by atoms with Crippen LogP contribution in [0.2, 0.25) is 0 Å². The molecule has 36 heavy (non-hydrogen) atoms. The van der Waals surface area contributed by atoms with Gasteiger partial charge < -0.3 is 14.5 Å². The van der Waals surface area contributed by atoms with Gasteiger partial charge in [-0.1, -0.05) is 0 Å². The monoisotopic (exact) mass is 508 g/mol. The standard InChI is InChI=1S/C26H29FN6O2S/c1-18-14-20(17-29-22(18)16-28)32-24(34)26(6-3-7-26)33(25(32)36)19-4-5-23(21(27)15-19)35-13-12-31-10-8-30(2)9-11-31/h4-5,14-15,17H,3,6-13H2,1-2H3. The summed E-state index contributed by atoms with van der Waals surface area (Å²) in [6.45, 7) is 6.93. The molecule has 5 rings (SSSR count). The Labute approximate surface area is 215 Å². The Balaban J connectivity index is 1.34. The zero-order valence-electron chi connectivity index (χ0n) is 20.5. The number of carbonyl (C=O) groups excluding carboxylic acids is 1. The lowest BCUT2D eigenvalue weighted by molar-refractivity contribution is -0.123. The Morgan fingerprint density at radius 2 is 1.94 bits per heavy atom. The maximum absolute atomic E-state index is 15.1. The van der Waals surface area contributed by atoms with E-state index in [-0.39, 0.29) is 16.8 Å². The molecule has 1 aromatic carbocycles. The molecule has 2 aliphatic heterocycles. The van der Waals surface area contributed by atoms with Crippen molar-refractivity contribution in [3.63, 3.8) is 0 Å². The minimum atomic E-state index is -0.824. The van der Waals surface area contributed by atoms with Crippen molar-refractivity contribution in [1.82, 2.24) is 14.8 Å². The Morgan fingerprint density at radius 1 is 1.19 bits per heavy atom. The van der Waals surface area contributed by atoms with Crippen molar-refractivity contribution in [2.75, 3.05) is 56.2 Å². The Morgan fingerprint density at radius 3 is 2.56 bits per heavy atom. The lowest BCUT2D eigenvalue weighted by Gasteiger charge is -2.43. The maximum Gasteiger partial charge on any atom is 0.259 e. The number of thiocarbonyl (C=S) groups is 1. The quantitative estimate of drug-likeness (QED) is 0.551. The van der Waals surface area contributed by atoms with E-state index >= 15 is 4.39 Å². The first kappa shape index (κ1) is 24.6. The van der Waals surface area contributed by atoms with Crippen LogP contribution in [0, 0.1) is 24.1 Å². The number of carbonyl (C=O) groups is 1. The smallest absolute Gasteiger partial charge is 0.259 e. The SMILES string of the molecule is Cc1cc(N2C(=O)C3(CCC3)N(c3ccc(OCCN4CCN(C)CC4)c(F)c3)C2=S)cnc1C#N. The number of aryl methyl sites for hydroxylation is 1. The van der Waals surface area contributed by atoms with Gasteiger partial charge in [0.2, 0.25) is 0 Å². The fraction of sp³-hybridized carbons (Fsp3) is 0.462. The summed E-state index contributed by atoms with van der Waals surface area (Å²) in [7, 11) is 2.11. The number of hydrogen-bond donors (Lipinski definition) is 0. The number of rotatable bonds is 6. The van der Waals surface area contributed by atoms with Crippen LogP contribution in [-0.4, -0.2) is 77.7 Å². The van der Waals surface area contributed by atoms with Gasteiger partial charge in [-0.25, -0.2) is 9.37 Å². The zero-order valence-corrected chi connectivity index (χ0v) is 21.4. The van der Waals surface area contributed by atoms with E-state index in [0.29, 0.717) is 42.1 Å². The number of ether oxygens (including phenoxy) is 1. The van der Waals surface area contributed by atoms with E-state index in [9.17, 15) is 10.1 Å². The van der Waals surface area contributed by atoms with Crippen molar-refractivity contribution in [3.8, 4) is 11.8 Å². The van der Waals surface area contributed by atoms with Crippen molar-refractivity contribution in [2.24, 2.45) is 0 Å². The first-order chi connectivity index (χ1) is 17.3. The first-order valence-electron chi connectivity index (χ1n) is 12.2. The summed E-state index contributed by atoms with van der Waals surface area (Å²) in [4.78, 5) is 25.6. The molecule has 1 saturated carbocycles. The fourth-order valence-electron chi connectivity index (χ4n) is 5.11. The van der Waals surface area contributed by atoms with Gasteiger partial charge in [-0.05, 0) is 69.2 Å². The van der Waals surface area contributed by atoms with Crippen LogP contribution in [0.4, 0.5) is 15.8 Å². The molecule has 2 saturated heterocycles. The molecule has 0 bridgehead atoms. The fourth-order valence-corrected chi connectivity index (χ4v) is 5.58. The van der Waals surface area contributed by atoms with Gasteiger partial charge in [0.25, 0.3) is 5.91 Å². The summed E-state index contributed by atoms with van der Waals surface area (Å²) < 4.78 is 20.9. The molecule has 3 fully saturated rings. The second kappa shape index (κ2) is 9.73. The van der Waals surface area contributed by atoms with Crippen LogP contribution in [-0.2, 0) is 4.79 Å². The van der Waals surface area contributed by atoms with Crippen molar-refractivity contribution in [2.45, 2.75) is 31.7 Å². The molecule has 1 amide bonds. The molecule has 3 aliphatic rings. The highest BCUT2D eigenvalue weighted by molar-refractivity contribution is 7.81. The number of amides is 1. The number of nitriles is 1. The van der Waals surface area contributed by atoms with E-state index < -0.39 is 11.4 Å². The lowest BCUT2D eigenvalue weighted by Crippen LogP contribution is -2.55. The summed E-state index contributed by atoms with van der Waals surface area (Å²) in [6.07, 6.45) is 3.65. The van der Waals surface area contributed by atoms with Crippen LogP contribution in [0.1, 0.15) is 30.5 Å². The topological polar surface area (TPSA) is 75.9 Å². The number of aromatic nitrogens is 1. The zero-order chi connectivity index (χ0) is 25.4. The molecular weight excluding hydrogens is 479 g/mol. The van der Waals surface area contributed by atoms with E-state index in [1.165, 1.54) is 17.2 Å². The third-order valence-electron chi connectivity index (χ3n) is 7.46. The highest BCUT2D eigenvalue weighted by Crippen LogP contribution is 2.48. The molecule has 0 atom stereocenters. The largest absolute Gasteiger partial charge is 0.489 e. The van der Waals surface area contributed by atoms with Gasteiger partial charge >= 0.3 is 0 Å². The van der Waals surface area contributed by atoms with E-state index in [2.05, 4.69) is 21.8 Å². The highest BCUT2D eigenvalue weighted by Gasteiger charge is 2.59. The van der Waals surface area contributed by atoms with Crippen LogP contribution in [0.25, 0.3) is 0 Å². The van der Waals surface area contributed by atoms with Gasteiger partial charge in [0, 0.05) is 44.5 Å². The average molecular weight is 509 g/mol. The molecular formula is C26H29FN6O2S. The second-order valence-electron chi connectivity index (χ2n) is 9.72. The molecule has 10 heteroatoms. The average Bonchev–Trinajstić information content (AvgIpc) is 3.08. The van der Waals surface area contributed by atoms with Gasteiger partial charge in [-0.2, -0.15) is 5.26 Å². The van der Waals surface area contributed by atoms with Gasteiger partial charge in [0.15, 0.2) is 16.7 Å². The molecule has 0 N–H and O–H groups in total. The van der Waals surface area contributed by atoms with E-state index in [0.717, 1.165) is 39.1 Å². The summed E-state index contributed by atoms with van der Waals surface area (Å²) >= 11 is 5.76. The van der Waals surface area contributed by atoms with Crippen molar-refractivity contribution >= 4 is 34.6 Å². The summed E-state index contributed by atoms with van der Waals surface area (Å²) in [5.74, 6) is -0.432. The third-order valence-corrected chi connectivity index (χ3v) is 7.82. The van der Waals surface area contributed by atoms with Crippen molar-refractivity contribution in [1.29, 1.82) is 5.26 Å². The van der Waals surface area contributed by atoms with Crippen LogP contribution in [0.5, 0.6) is 5.75 Å². The molecule has 2 aromatic rings. The number of hydrogen-bond acceptors (Lipinski definition) is 7. The van der Waals surface area contributed by atoms with E-state index in [4.69, 9.17) is 17.0 Å². The molecule has 1 aliphatic carbocycles. The number of nitrogens with zero attached hydrogens (tertiary/aromatic N) is 6. The Bertz CT molecular complexity index is 1240. The van der Waals surface area contributed by atoms with Crippen LogP contribution in [0.15, 0.2) is 30.5 Å². The number of halogens is 1. The van der Waals surface area contributed by atoms with E-state index in [1.807, 2.05) is 6.07 Å². The molecule has 0 unspecified atom stereocenters. The van der Waals surface area contributed by atoms with Gasteiger partial charge in [-0.3, -0.25) is 14.6 Å². The summed E-state index contributed by atoms with van der Waals surface area (Å²) in [5, 5.41) is 9.49. The Kier molecular flexibility index (Phi) is 6.64. The first-order valence-corrected chi connectivity index (χ1v) is 12.6. The lowest BCUT2D eigenvalue weighted by atomic mass is 9.75. The molecule has 0 radical (unpaired) electrons. The summed E-state index contributed by atoms with van der Waals surface area (Å²) in [5.41, 5.74) is 1.18. The van der Waals surface area contributed by atoms with Crippen LogP contribution >= 0.6 is 12.2 Å². The molecule has 3 heterocycles. The number of anilines is 2. The summed E-state index contributed by atoms with van der Waals surface area (Å²) in [6, 6.07) is 8.56. The number of piperazine rings is 1. The number of likely N-dealkylation sites (N-methyl/N-ethyl adjacent to an activating group) is 1. The predicted molar refractivity (Wildman–Crippen MR) is 139 cm³/mol. The maximum atomic E-state index is 15.1. The van der Waals surface area contributed by atoms with Gasteiger partial charge in [-0.15, -0.1) is 0 Å². The highest BCUT2D eigenvalue weighted by atomic mass is 32.1. The van der Waals surface area contributed by atoms with Crippen molar-refractivity contribution in [3.05, 3.63) is 47.5 Å². The van der Waals surface area contributed by atoms with Crippen LogP contribution < -0.4 is 14.5 Å².